The number of phenolic OH excluding ortho intramolecular Hbond substituents is 2. The summed E-state index contributed by atoms with van der Waals surface area (Å²) in [6.07, 6.45) is 0. The molecular formula is C25H24N2O2. The Kier molecular flexibility index (Phi) is 4.58. The molecule has 0 bridgehead atoms. The highest BCUT2D eigenvalue weighted by Gasteiger charge is 2.23. The van der Waals surface area contributed by atoms with E-state index in [0.717, 1.165) is 52.4 Å². The monoisotopic (exact) mass is 384 g/mol. The summed E-state index contributed by atoms with van der Waals surface area (Å²) in [5.41, 5.74) is 1.97. The molecule has 0 amide bonds. The summed E-state index contributed by atoms with van der Waals surface area (Å²) >= 11 is 0. The van der Waals surface area contributed by atoms with Crippen LogP contribution in [0.4, 0.5) is 0 Å². The molecule has 146 valence electrons. The molecule has 1 heterocycles. The van der Waals surface area contributed by atoms with Gasteiger partial charge < -0.3 is 10.2 Å². The maximum atomic E-state index is 10.5. The Labute approximate surface area is 170 Å². The smallest absolute Gasteiger partial charge is 0.120 e. The van der Waals surface area contributed by atoms with E-state index in [0.29, 0.717) is 24.6 Å². The summed E-state index contributed by atoms with van der Waals surface area (Å²) in [4.78, 5) is 4.70. The molecule has 1 aliphatic rings. The van der Waals surface area contributed by atoms with Crippen molar-refractivity contribution in [3.05, 3.63) is 83.9 Å². The molecule has 0 aromatic heterocycles. The first kappa shape index (κ1) is 18.0. The molecular weight excluding hydrogens is 360 g/mol. The predicted octanol–water partition coefficient (Wildman–Crippen LogP) is 4.68. The van der Waals surface area contributed by atoms with Gasteiger partial charge in [0.2, 0.25) is 0 Å². The van der Waals surface area contributed by atoms with E-state index < -0.39 is 0 Å². The van der Waals surface area contributed by atoms with E-state index in [1.54, 1.807) is 12.1 Å². The molecule has 0 spiro atoms. The minimum Gasteiger partial charge on any atom is -0.508 e. The van der Waals surface area contributed by atoms with Crippen molar-refractivity contribution in [3.8, 4) is 11.5 Å². The van der Waals surface area contributed by atoms with E-state index in [9.17, 15) is 10.2 Å². The minimum absolute atomic E-state index is 0.355. The Balaban J connectivity index is 1.36. The van der Waals surface area contributed by atoms with E-state index in [1.165, 1.54) is 0 Å². The summed E-state index contributed by atoms with van der Waals surface area (Å²) in [6, 6.07) is 23.9. The lowest BCUT2D eigenvalue weighted by Gasteiger charge is -2.20. The van der Waals surface area contributed by atoms with Gasteiger partial charge in [0.05, 0.1) is 6.67 Å². The molecule has 4 nitrogen and oxygen atoms in total. The van der Waals surface area contributed by atoms with Crippen LogP contribution in [-0.4, -0.2) is 39.8 Å². The van der Waals surface area contributed by atoms with Crippen LogP contribution < -0.4 is 0 Å². The Morgan fingerprint density at radius 3 is 1.52 bits per heavy atom. The largest absolute Gasteiger partial charge is 0.508 e. The standard InChI is InChI=1S/C25H24N2O2/c28-24-11-9-18-5-1-3-7-20(18)22(24)15-26-13-14-27(17-26)16-23-21-8-4-2-6-19(21)10-12-25(23)29/h1-12,28-29H,13-17H2. The number of aromatic hydroxyl groups is 2. The molecule has 4 aromatic rings. The number of hydrogen-bond acceptors (Lipinski definition) is 4. The van der Waals surface area contributed by atoms with E-state index >= 15 is 0 Å². The average molecular weight is 384 g/mol. The first-order valence-electron chi connectivity index (χ1n) is 10.0. The van der Waals surface area contributed by atoms with Gasteiger partial charge in [-0.25, -0.2) is 0 Å². The van der Waals surface area contributed by atoms with Gasteiger partial charge in [0.1, 0.15) is 11.5 Å². The van der Waals surface area contributed by atoms with Gasteiger partial charge in [0, 0.05) is 37.3 Å². The maximum absolute atomic E-state index is 10.5. The van der Waals surface area contributed by atoms with Crippen molar-refractivity contribution < 1.29 is 10.2 Å². The topological polar surface area (TPSA) is 46.9 Å². The molecule has 2 N–H and O–H groups in total. The van der Waals surface area contributed by atoms with Crippen molar-refractivity contribution in [1.29, 1.82) is 0 Å². The zero-order valence-corrected chi connectivity index (χ0v) is 16.3. The third-order valence-electron chi connectivity index (χ3n) is 5.93. The van der Waals surface area contributed by atoms with Crippen LogP contribution in [0.1, 0.15) is 11.1 Å². The van der Waals surface area contributed by atoms with Crippen molar-refractivity contribution in [3.63, 3.8) is 0 Å². The Morgan fingerprint density at radius 1 is 0.586 bits per heavy atom. The molecule has 1 aliphatic heterocycles. The second kappa shape index (κ2) is 7.39. The van der Waals surface area contributed by atoms with Gasteiger partial charge in [-0.05, 0) is 33.7 Å². The Morgan fingerprint density at radius 2 is 1.03 bits per heavy atom. The van der Waals surface area contributed by atoms with E-state index in [1.807, 2.05) is 36.4 Å². The lowest BCUT2D eigenvalue weighted by molar-refractivity contribution is 0.233. The third kappa shape index (κ3) is 3.41. The van der Waals surface area contributed by atoms with Crippen LogP contribution in [0.15, 0.2) is 72.8 Å². The summed E-state index contributed by atoms with van der Waals surface area (Å²) in [6.45, 7) is 4.12. The normalized spacial score (nSPS) is 15.4. The minimum atomic E-state index is 0.355. The van der Waals surface area contributed by atoms with Crippen molar-refractivity contribution in [2.24, 2.45) is 0 Å². The van der Waals surface area contributed by atoms with Gasteiger partial charge in [0.15, 0.2) is 0 Å². The zero-order valence-electron chi connectivity index (χ0n) is 16.3. The first-order chi connectivity index (χ1) is 14.2. The Bertz CT molecular complexity index is 1090. The molecule has 0 unspecified atom stereocenters. The molecule has 0 saturated carbocycles. The van der Waals surface area contributed by atoms with Crippen LogP contribution >= 0.6 is 0 Å². The SMILES string of the molecule is Oc1ccc2ccccc2c1CN1CCN(Cc2c(O)ccc3ccccc23)C1. The van der Waals surface area contributed by atoms with Gasteiger partial charge in [-0.2, -0.15) is 0 Å². The fraction of sp³-hybridized carbons (Fsp3) is 0.200. The van der Waals surface area contributed by atoms with Crippen molar-refractivity contribution in [1.82, 2.24) is 9.80 Å². The number of phenols is 2. The number of nitrogens with zero attached hydrogens (tertiary/aromatic N) is 2. The van der Waals surface area contributed by atoms with Crippen molar-refractivity contribution in [2.45, 2.75) is 13.1 Å². The molecule has 0 atom stereocenters. The number of rotatable bonds is 4. The summed E-state index contributed by atoms with van der Waals surface area (Å²) in [5, 5.41) is 25.4. The third-order valence-corrected chi connectivity index (χ3v) is 5.93. The van der Waals surface area contributed by atoms with Crippen LogP contribution in [0.25, 0.3) is 21.5 Å². The predicted molar refractivity (Wildman–Crippen MR) is 117 cm³/mol. The van der Waals surface area contributed by atoms with Crippen LogP contribution in [0.3, 0.4) is 0 Å². The lowest BCUT2D eigenvalue weighted by atomic mass is 10.0. The highest BCUT2D eigenvalue weighted by atomic mass is 16.3. The van der Waals surface area contributed by atoms with Crippen LogP contribution in [-0.2, 0) is 13.1 Å². The average Bonchev–Trinajstić information content (AvgIpc) is 3.19. The Hall–Kier alpha value is -3.08. The van der Waals surface area contributed by atoms with Gasteiger partial charge in [0.25, 0.3) is 0 Å². The number of hydrogen-bond donors (Lipinski definition) is 2. The molecule has 1 saturated heterocycles. The summed E-state index contributed by atoms with van der Waals surface area (Å²) in [7, 11) is 0. The first-order valence-corrected chi connectivity index (χ1v) is 10.0. The van der Waals surface area contributed by atoms with Crippen LogP contribution in [0, 0.1) is 0 Å². The van der Waals surface area contributed by atoms with Gasteiger partial charge in [-0.3, -0.25) is 9.80 Å². The summed E-state index contributed by atoms with van der Waals surface area (Å²) in [5.74, 6) is 0.711. The van der Waals surface area contributed by atoms with Gasteiger partial charge >= 0.3 is 0 Å². The van der Waals surface area contributed by atoms with E-state index in [4.69, 9.17) is 0 Å². The van der Waals surface area contributed by atoms with Crippen molar-refractivity contribution >= 4 is 21.5 Å². The lowest BCUT2D eigenvalue weighted by Crippen LogP contribution is -2.25. The highest BCUT2D eigenvalue weighted by molar-refractivity contribution is 5.88. The highest BCUT2D eigenvalue weighted by Crippen LogP contribution is 2.31. The van der Waals surface area contributed by atoms with Crippen LogP contribution in [0.5, 0.6) is 11.5 Å². The molecule has 4 aromatic carbocycles. The number of benzene rings is 4. The van der Waals surface area contributed by atoms with E-state index in [2.05, 4.69) is 34.1 Å². The van der Waals surface area contributed by atoms with Crippen LogP contribution in [0.2, 0.25) is 0 Å². The quantitative estimate of drug-likeness (QED) is 0.536. The molecule has 29 heavy (non-hydrogen) atoms. The fourth-order valence-electron chi connectivity index (χ4n) is 4.39. The van der Waals surface area contributed by atoms with E-state index in [-0.39, 0.29) is 0 Å². The molecule has 0 radical (unpaired) electrons. The van der Waals surface area contributed by atoms with Crippen molar-refractivity contribution in [2.75, 3.05) is 19.8 Å². The maximum Gasteiger partial charge on any atom is 0.120 e. The fourth-order valence-corrected chi connectivity index (χ4v) is 4.39. The molecule has 1 fully saturated rings. The van der Waals surface area contributed by atoms with Gasteiger partial charge in [-0.15, -0.1) is 0 Å². The molecule has 0 aliphatic carbocycles. The number of fused-ring (bicyclic) bond motifs is 2. The second-order valence-electron chi connectivity index (χ2n) is 7.82. The second-order valence-corrected chi connectivity index (χ2v) is 7.82. The molecule has 4 heteroatoms. The molecule has 5 rings (SSSR count). The summed E-state index contributed by atoms with van der Waals surface area (Å²) < 4.78 is 0. The zero-order chi connectivity index (χ0) is 19.8. The van der Waals surface area contributed by atoms with Gasteiger partial charge in [-0.1, -0.05) is 60.7 Å².